The van der Waals surface area contributed by atoms with Gasteiger partial charge in [-0.3, -0.25) is 0 Å². The number of aromatic nitrogens is 2. The van der Waals surface area contributed by atoms with Crippen molar-refractivity contribution in [2.45, 2.75) is 33.1 Å². The highest BCUT2D eigenvalue weighted by Crippen LogP contribution is 2.22. The Kier molecular flexibility index (Phi) is 2.71. The first kappa shape index (κ1) is 10.6. The quantitative estimate of drug-likeness (QED) is 0.658. The Morgan fingerprint density at radius 3 is 2.15 bits per heavy atom. The average molecular weight is 247 g/mol. The maximum absolute atomic E-state index is 13.2. The van der Waals surface area contributed by atoms with Crippen LogP contribution in [0.4, 0.5) is 4.39 Å². The molecular formula is C9H12BrFN2. The Balaban J connectivity index is 3.29. The largest absolute Gasteiger partial charge is 0.225 e. The molecule has 0 fully saturated rings. The van der Waals surface area contributed by atoms with Crippen molar-refractivity contribution in [2.24, 2.45) is 0 Å². The molecule has 0 aliphatic rings. The zero-order valence-electron chi connectivity index (χ0n) is 8.15. The van der Waals surface area contributed by atoms with Crippen molar-refractivity contribution in [3.63, 3.8) is 0 Å². The molecule has 1 aromatic heterocycles. The van der Waals surface area contributed by atoms with Crippen LogP contribution in [0.5, 0.6) is 0 Å². The highest BCUT2D eigenvalue weighted by atomic mass is 79.9. The second kappa shape index (κ2) is 3.33. The van der Waals surface area contributed by atoms with Gasteiger partial charge in [0.05, 0.1) is 0 Å². The molecule has 0 N–H and O–H groups in total. The van der Waals surface area contributed by atoms with Crippen LogP contribution in [-0.4, -0.2) is 9.97 Å². The molecule has 0 aliphatic carbocycles. The van der Waals surface area contributed by atoms with Crippen LogP contribution in [0.25, 0.3) is 0 Å². The molecule has 4 heteroatoms. The van der Waals surface area contributed by atoms with Gasteiger partial charge in [0.2, 0.25) is 5.95 Å². The van der Waals surface area contributed by atoms with E-state index < -0.39 is 5.95 Å². The Hall–Kier alpha value is -0.510. The standard InChI is InChI=1S/C9H12BrFN2/c1-5-6(10)12-8(9(2,3)4)13-7(5)11/h1-4H3. The van der Waals surface area contributed by atoms with E-state index in [1.54, 1.807) is 6.92 Å². The van der Waals surface area contributed by atoms with Gasteiger partial charge in [-0.2, -0.15) is 4.39 Å². The van der Waals surface area contributed by atoms with Crippen LogP contribution in [0.2, 0.25) is 0 Å². The summed E-state index contributed by atoms with van der Waals surface area (Å²) in [4.78, 5) is 7.97. The molecule has 2 nitrogen and oxygen atoms in total. The maximum Gasteiger partial charge on any atom is 0.220 e. The van der Waals surface area contributed by atoms with Crippen LogP contribution in [-0.2, 0) is 5.41 Å². The Labute approximate surface area is 85.7 Å². The third kappa shape index (κ3) is 2.24. The fraction of sp³-hybridized carbons (Fsp3) is 0.556. The molecule has 0 saturated carbocycles. The molecule has 0 atom stereocenters. The predicted molar refractivity (Wildman–Crippen MR) is 53.1 cm³/mol. The summed E-state index contributed by atoms with van der Waals surface area (Å²) in [6, 6.07) is 0. The molecule has 0 saturated heterocycles. The molecular weight excluding hydrogens is 235 g/mol. The van der Waals surface area contributed by atoms with E-state index >= 15 is 0 Å². The Morgan fingerprint density at radius 1 is 1.23 bits per heavy atom. The SMILES string of the molecule is Cc1c(F)nc(C(C)(C)C)nc1Br. The zero-order valence-corrected chi connectivity index (χ0v) is 9.74. The summed E-state index contributed by atoms with van der Waals surface area (Å²) in [5.41, 5.74) is 0.227. The molecule has 1 rings (SSSR count). The summed E-state index contributed by atoms with van der Waals surface area (Å²) in [6.45, 7) is 7.49. The minimum absolute atomic E-state index is 0.225. The van der Waals surface area contributed by atoms with Crippen molar-refractivity contribution in [3.8, 4) is 0 Å². The summed E-state index contributed by atoms with van der Waals surface area (Å²) in [5, 5.41) is 0. The van der Waals surface area contributed by atoms with E-state index in [2.05, 4.69) is 25.9 Å². The molecule has 0 bridgehead atoms. The van der Waals surface area contributed by atoms with Gasteiger partial charge in [-0.1, -0.05) is 20.8 Å². The van der Waals surface area contributed by atoms with E-state index in [0.717, 1.165) is 0 Å². The summed E-state index contributed by atoms with van der Waals surface area (Å²) >= 11 is 3.20. The predicted octanol–water partition coefficient (Wildman–Crippen LogP) is 2.98. The van der Waals surface area contributed by atoms with Gasteiger partial charge in [-0.05, 0) is 22.9 Å². The van der Waals surface area contributed by atoms with Crippen molar-refractivity contribution >= 4 is 15.9 Å². The van der Waals surface area contributed by atoms with Crippen molar-refractivity contribution in [2.75, 3.05) is 0 Å². The lowest BCUT2D eigenvalue weighted by Gasteiger charge is -2.16. The van der Waals surface area contributed by atoms with Crippen molar-refractivity contribution in [3.05, 3.63) is 21.9 Å². The first-order valence-electron chi connectivity index (χ1n) is 4.02. The summed E-state index contributed by atoms with van der Waals surface area (Å²) in [6.07, 6.45) is 0. The number of hydrogen-bond donors (Lipinski definition) is 0. The molecule has 0 amide bonds. The number of hydrogen-bond acceptors (Lipinski definition) is 2. The van der Waals surface area contributed by atoms with Gasteiger partial charge in [0.15, 0.2) is 0 Å². The number of rotatable bonds is 0. The lowest BCUT2D eigenvalue weighted by Crippen LogP contribution is -2.17. The van der Waals surface area contributed by atoms with Crippen molar-refractivity contribution in [1.29, 1.82) is 0 Å². The van der Waals surface area contributed by atoms with Crippen LogP contribution < -0.4 is 0 Å². The van der Waals surface area contributed by atoms with E-state index in [1.165, 1.54) is 0 Å². The van der Waals surface area contributed by atoms with Gasteiger partial charge in [-0.15, -0.1) is 0 Å². The minimum Gasteiger partial charge on any atom is -0.225 e. The molecule has 0 spiro atoms. The summed E-state index contributed by atoms with van der Waals surface area (Å²) in [7, 11) is 0. The van der Waals surface area contributed by atoms with Gasteiger partial charge < -0.3 is 0 Å². The third-order valence-corrected chi connectivity index (χ3v) is 2.47. The molecule has 1 aromatic rings. The molecule has 13 heavy (non-hydrogen) atoms. The van der Waals surface area contributed by atoms with E-state index in [9.17, 15) is 4.39 Å². The van der Waals surface area contributed by atoms with E-state index in [4.69, 9.17) is 0 Å². The Bertz CT molecular complexity index is 308. The normalized spacial score (nSPS) is 11.8. The van der Waals surface area contributed by atoms with Crippen LogP contribution in [0.15, 0.2) is 4.60 Å². The highest BCUT2D eigenvalue weighted by molar-refractivity contribution is 9.10. The summed E-state index contributed by atoms with van der Waals surface area (Å²) in [5.74, 6) is 0.0641. The van der Waals surface area contributed by atoms with Gasteiger partial charge in [0.25, 0.3) is 0 Å². The lowest BCUT2D eigenvalue weighted by molar-refractivity contribution is 0.496. The molecule has 0 aliphatic heterocycles. The summed E-state index contributed by atoms with van der Waals surface area (Å²) < 4.78 is 13.7. The van der Waals surface area contributed by atoms with Crippen molar-refractivity contribution < 1.29 is 4.39 Å². The average Bonchev–Trinajstić information content (AvgIpc) is 1.97. The van der Waals surface area contributed by atoms with Crippen LogP contribution in [0, 0.1) is 12.9 Å². The number of halogens is 2. The molecule has 0 unspecified atom stereocenters. The first-order valence-corrected chi connectivity index (χ1v) is 4.82. The second-order valence-corrected chi connectivity index (χ2v) is 4.75. The van der Waals surface area contributed by atoms with E-state index in [0.29, 0.717) is 16.0 Å². The second-order valence-electron chi connectivity index (χ2n) is 4.00. The fourth-order valence-electron chi connectivity index (χ4n) is 0.799. The van der Waals surface area contributed by atoms with Crippen molar-refractivity contribution in [1.82, 2.24) is 9.97 Å². The third-order valence-electron chi connectivity index (χ3n) is 1.70. The zero-order chi connectivity index (χ0) is 10.2. The van der Waals surface area contributed by atoms with Gasteiger partial charge in [0, 0.05) is 11.0 Å². The smallest absolute Gasteiger partial charge is 0.220 e. The highest BCUT2D eigenvalue weighted by Gasteiger charge is 2.20. The molecule has 0 radical (unpaired) electrons. The van der Waals surface area contributed by atoms with Crippen LogP contribution in [0.1, 0.15) is 32.2 Å². The van der Waals surface area contributed by atoms with Crippen LogP contribution >= 0.6 is 15.9 Å². The van der Waals surface area contributed by atoms with Crippen LogP contribution in [0.3, 0.4) is 0 Å². The fourth-order valence-corrected chi connectivity index (χ4v) is 1.13. The monoisotopic (exact) mass is 246 g/mol. The Morgan fingerprint density at radius 2 is 1.77 bits per heavy atom. The van der Waals surface area contributed by atoms with E-state index in [1.807, 2.05) is 20.8 Å². The number of nitrogens with zero attached hydrogens (tertiary/aromatic N) is 2. The van der Waals surface area contributed by atoms with E-state index in [-0.39, 0.29) is 5.41 Å². The molecule has 72 valence electrons. The van der Waals surface area contributed by atoms with Gasteiger partial charge >= 0.3 is 0 Å². The molecule has 1 heterocycles. The minimum atomic E-state index is -0.452. The first-order chi connectivity index (χ1) is 5.82. The maximum atomic E-state index is 13.2. The lowest BCUT2D eigenvalue weighted by atomic mass is 9.96. The van der Waals surface area contributed by atoms with Gasteiger partial charge in [0.1, 0.15) is 10.4 Å². The molecule has 0 aromatic carbocycles. The van der Waals surface area contributed by atoms with Gasteiger partial charge in [-0.25, -0.2) is 9.97 Å². The topological polar surface area (TPSA) is 25.8 Å².